The van der Waals surface area contributed by atoms with Crippen molar-refractivity contribution in [3.63, 3.8) is 0 Å². The summed E-state index contributed by atoms with van der Waals surface area (Å²) >= 11 is 0. The molecule has 3 rings (SSSR count). The Bertz CT molecular complexity index is 838. The number of fused-ring (bicyclic) bond motifs is 1. The Hall–Kier alpha value is -2.41. The summed E-state index contributed by atoms with van der Waals surface area (Å²) in [6, 6.07) is 0. The molecule has 4 N–H and O–H groups in total. The van der Waals surface area contributed by atoms with Crippen LogP contribution in [0, 0.1) is 4.91 Å². The van der Waals surface area contributed by atoms with Crippen LogP contribution in [0.25, 0.3) is 11.0 Å². The number of aliphatic hydroxyl groups excluding tert-OH is 3. The fourth-order valence-corrected chi connectivity index (χ4v) is 2.43. The third-order valence-electron chi connectivity index (χ3n) is 3.49. The van der Waals surface area contributed by atoms with E-state index < -0.39 is 47.7 Å². The number of nitroso groups, excluding NO2 is 1. The van der Waals surface area contributed by atoms with Crippen LogP contribution in [0.15, 0.2) is 21.2 Å². The minimum atomic E-state index is -1.57. The molecule has 22 heavy (non-hydrogen) atoms. The van der Waals surface area contributed by atoms with Gasteiger partial charge < -0.3 is 25.0 Å². The van der Waals surface area contributed by atoms with Crippen LogP contribution in [-0.2, 0) is 4.74 Å². The van der Waals surface area contributed by atoms with Crippen LogP contribution in [0.1, 0.15) is 6.23 Å². The quantitative estimate of drug-likeness (QED) is 0.435. The second-order valence-corrected chi connectivity index (χ2v) is 4.68. The molecule has 0 spiro atoms. The van der Waals surface area contributed by atoms with Gasteiger partial charge in [-0.05, 0) is 0 Å². The number of hydrogen-bond acceptors (Lipinski definition) is 9. The van der Waals surface area contributed by atoms with Crippen LogP contribution in [0.2, 0.25) is 0 Å². The maximum absolute atomic E-state index is 12.0. The average molecular weight is 313 g/mol. The number of nitrogens with one attached hydrogen (secondary N) is 1. The summed E-state index contributed by atoms with van der Waals surface area (Å²) in [7, 11) is 0. The Balaban J connectivity index is 2.28. The van der Waals surface area contributed by atoms with Gasteiger partial charge in [0, 0.05) is 0 Å². The first kappa shape index (κ1) is 14.5. The van der Waals surface area contributed by atoms with Crippen LogP contribution in [0.5, 0.6) is 0 Å². The van der Waals surface area contributed by atoms with Crippen molar-refractivity contribution >= 4 is 11.0 Å². The summed E-state index contributed by atoms with van der Waals surface area (Å²) in [5.41, 5.74) is -2.09. The number of aromatic nitrogens is 4. The SMILES string of the molecule is O=Nn1c(=O)c2c(=O)[nH]cnc2n1C1O[C@H](CO)[C@@H](O)[C@H]1O. The van der Waals surface area contributed by atoms with E-state index in [0.717, 1.165) is 11.0 Å². The average Bonchev–Trinajstić information content (AvgIpc) is 2.95. The molecule has 1 fully saturated rings. The highest BCUT2D eigenvalue weighted by Gasteiger charge is 2.45. The largest absolute Gasteiger partial charge is 0.394 e. The molecule has 0 bridgehead atoms. The molecule has 2 aromatic heterocycles. The minimum absolute atomic E-state index is 0.247. The molecule has 0 aromatic carbocycles. The Morgan fingerprint density at radius 3 is 2.68 bits per heavy atom. The van der Waals surface area contributed by atoms with Gasteiger partial charge in [-0.25, -0.2) is 9.67 Å². The van der Waals surface area contributed by atoms with Gasteiger partial charge in [0.25, 0.3) is 5.56 Å². The number of aliphatic hydroxyl groups is 3. The molecule has 2 aromatic rings. The smallest absolute Gasteiger partial charge is 0.306 e. The molecule has 118 valence electrons. The first-order valence-corrected chi connectivity index (χ1v) is 6.18. The zero-order chi connectivity index (χ0) is 16.0. The highest BCUT2D eigenvalue weighted by molar-refractivity contribution is 5.73. The summed E-state index contributed by atoms with van der Waals surface area (Å²) in [5.74, 6) is 0. The second kappa shape index (κ2) is 5.10. The summed E-state index contributed by atoms with van der Waals surface area (Å²) in [5, 5.41) is 30.9. The van der Waals surface area contributed by atoms with Crippen molar-refractivity contribution in [2.75, 3.05) is 6.61 Å². The van der Waals surface area contributed by atoms with Gasteiger partial charge in [0.05, 0.1) is 18.2 Å². The van der Waals surface area contributed by atoms with E-state index in [9.17, 15) is 24.7 Å². The molecule has 12 nitrogen and oxygen atoms in total. The molecular formula is C10H11N5O7. The summed E-state index contributed by atoms with van der Waals surface area (Å²) in [6.07, 6.45) is -4.58. The fraction of sp³-hybridized carbons (Fsp3) is 0.500. The first-order chi connectivity index (χ1) is 10.5. The summed E-state index contributed by atoms with van der Waals surface area (Å²) < 4.78 is 5.99. The molecule has 1 unspecified atom stereocenters. The van der Waals surface area contributed by atoms with Gasteiger partial charge in [0.1, 0.15) is 18.3 Å². The van der Waals surface area contributed by atoms with Crippen molar-refractivity contribution in [3.05, 3.63) is 31.9 Å². The number of hydrogen-bond donors (Lipinski definition) is 4. The molecule has 0 radical (unpaired) electrons. The molecule has 1 saturated heterocycles. The van der Waals surface area contributed by atoms with Crippen molar-refractivity contribution in [2.24, 2.45) is 5.29 Å². The lowest BCUT2D eigenvalue weighted by Gasteiger charge is -2.17. The molecule has 0 saturated carbocycles. The van der Waals surface area contributed by atoms with Gasteiger partial charge in [-0.1, -0.05) is 4.79 Å². The standard InChI is InChI=1S/C10H11N5O7/c16-1-3-5(17)6(18)10(22-3)14-7-4(8(19)12-2-11-7)9(20)15(14)13-21/h2-3,5-6,10,16-18H,1H2,(H,11,12,19)/t3-,5-,6-,10?/m1/s1. The monoisotopic (exact) mass is 313 g/mol. The van der Waals surface area contributed by atoms with E-state index in [-0.39, 0.29) is 10.4 Å². The Labute approximate surface area is 120 Å². The number of aromatic amines is 1. The van der Waals surface area contributed by atoms with E-state index >= 15 is 0 Å². The van der Waals surface area contributed by atoms with Crippen molar-refractivity contribution in [2.45, 2.75) is 24.5 Å². The van der Waals surface area contributed by atoms with Gasteiger partial charge >= 0.3 is 5.56 Å². The number of rotatable bonds is 3. The van der Waals surface area contributed by atoms with Gasteiger partial charge in [-0.2, -0.15) is 0 Å². The minimum Gasteiger partial charge on any atom is -0.394 e. The van der Waals surface area contributed by atoms with Crippen LogP contribution in [0.3, 0.4) is 0 Å². The van der Waals surface area contributed by atoms with Crippen molar-refractivity contribution < 1.29 is 20.1 Å². The van der Waals surface area contributed by atoms with Gasteiger partial charge in [0.15, 0.2) is 17.3 Å². The number of H-pyrrole nitrogens is 1. The summed E-state index contributed by atoms with van der Waals surface area (Å²) in [6.45, 7) is -0.597. The van der Waals surface area contributed by atoms with Gasteiger partial charge in [0.2, 0.25) is 0 Å². The molecular weight excluding hydrogens is 302 g/mol. The zero-order valence-electron chi connectivity index (χ0n) is 10.9. The van der Waals surface area contributed by atoms with E-state index in [0.29, 0.717) is 0 Å². The summed E-state index contributed by atoms with van der Waals surface area (Å²) in [4.78, 5) is 40.9. The van der Waals surface area contributed by atoms with Crippen LogP contribution in [0.4, 0.5) is 0 Å². The Morgan fingerprint density at radius 2 is 2.09 bits per heavy atom. The van der Waals surface area contributed by atoms with Crippen LogP contribution < -0.4 is 11.1 Å². The van der Waals surface area contributed by atoms with E-state index in [1.54, 1.807) is 0 Å². The number of ether oxygens (including phenoxy) is 1. The molecule has 0 amide bonds. The first-order valence-electron chi connectivity index (χ1n) is 6.18. The Morgan fingerprint density at radius 1 is 1.36 bits per heavy atom. The van der Waals surface area contributed by atoms with Crippen LogP contribution in [-0.4, -0.2) is 59.7 Å². The molecule has 0 aliphatic carbocycles. The highest BCUT2D eigenvalue weighted by Crippen LogP contribution is 2.30. The molecule has 4 atom stereocenters. The topological polar surface area (TPSA) is 172 Å². The third kappa shape index (κ3) is 1.82. The molecule has 12 heteroatoms. The van der Waals surface area contributed by atoms with Crippen molar-refractivity contribution in [1.82, 2.24) is 19.4 Å². The maximum atomic E-state index is 12.0. The normalized spacial score (nSPS) is 28.3. The predicted octanol–water partition coefficient (Wildman–Crippen LogP) is -2.97. The maximum Gasteiger partial charge on any atom is 0.306 e. The molecule has 1 aliphatic rings. The third-order valence-corrected chi connectivity index (χ3v) is 3.49. The lowest BCUT2D eigenvalue weighted by atomic mass is 10.1. The highest BCUT2D eigenvalue weighted by atomic mass is 16.6. The van der Waals surface area contributed by atoms with E-state index in [1.807, 2.05) is 0 Å². The molecule has 3 heterocycles. The lowest BCUT2D eigenvalue weighted by molar-refractivity contribution is -0.0618. The second-order valence-electron chi connectivity index (χ2n) is 4.68. The van der Waals surface area contributed by atoms with E-state index in [4.69, 9.17) is 9.84 Å². The lowest BCUT2D eigenvalue weighted by Crippen LogP contribution is -2.34. The van der Waals surface area contributed by atoms with Crippen LogP contribution >= 0.6 is 0 Å². The van der Waals surface area contributed by atoms with E-state index in [1.165, 1.54) is 0 Å². The predicted molar refractivity (Wildman–Crippen MR) is 68.8 cm³/mol. The number of nitrogens with zero attached hydrogens (tertiary/aromatic N) is 4. The van der Waals surface area contributed by atoms with Gasteiger partial charge in [-0.15, -0.1) is 4.91 Å². The van der Waals surface area contributed by atoms with Gasteiger partial charge in [-0.3, -0.25) is 9.59 Å². The Kier molecular flexibility index (Phi) is 3.37. The fourth-order valence-electron chi connectivity index (χ4n) is 2.43. The van der Waals surface area contributed by atoms with Crippen molar-refractivity contribution in [3.8, 4) is 0 Å². The van der Waals surface area contributed by atoms with E-state index in [2.05, 4.69) is 15.3 Å². The zero-order valence-corrected chi connectivity index (χ0v) is 10.9. The van der Waals surface area contributed by atoms with Crippen molar-refractivity contribution in [1.29, 1.82) is 0 Å². The molecule has 1 aliphatic heterocycles.